The van der Waals surface area contributed by atoms with Crippen LogP contribution in [0.5, 0.6) is 0 Å². The Hall–Kier alpha value is -1.43. The van der Waals surface area contributed by atoms with Crippen LogP contribution in [-0.2, 0) is 11.3 Å². The van der Waals surface area contributed by atoms with Crippen molar-refractivity contribution in [2.75, 3.05) is 0 Å². The molecule has 3 N–H and O–H groups in total. The Morgan fingerprint density at radius 3 is 3.00 bits per heavy atom. The van der Waals surface area contributed by atoms with Crippen molar-refractivity contribution in [2.45, 2.75) is 37.9 Å². The summed E-state index contributed by atoms with van der Waals surface area (Å²) in [4.78, 5) is 11.4. The number of aryl methyl sites for hydroxylation is 1. The van der Waals surface area contributed by atoms with Crippen molar-refractivity contribution >= 4 is 5.91 Å². The van der Waals surface area contributed by atoms with Crippen molar-refractivity contribution in [1.29, 1.82) is 0 Å². The van der Waals surface area contributed by atoms with Crippen molar-refractivity contribution in [3.8, 4) is 0 Å². The van der Waals surface area contributed by atoms with E-state index in [4.69, 9.17) is 5.73 Å². The van der Waals surface area contributed by atoms with Gasteiger partial charge in [-0.05, 0) is 12.8 Å². The molecule has 0 aromatic carbocycles. The first-order valence-electron chi connectivity index (χ1n) is 5.13. The normalized spacial score (nSPS) is 24.6. The third kappa shape index (κ3) is 2.76. The molecule has 1 saturated carbocycles. The van der Waals surface area contributed by atoms with E-state index in [1.54, 1.807) is 17.1 Å². The predicted octanol–water partition coefficient (Wildman–Crippen LogP) is -0.726. The van der Waals surface area contributed by atoms with Gasteiger partial charge in [0, 0.05) is 24.7 Å². The van der Waals surface area contributed by atoms with E-state index in [9.17, 15) is 4.79 Å². The van der Waals surface area contributed by atoms with Crippen molar-refractivity contribution in [2.24, 2.45) is 5.73 Å². The standard InChI is InChI=1S/C9H15N5O/c10-7-5-8(6-7)12-9(15)1-3-14-4-2-11-13-14/h2,4,7-8H,1,3,5-6,10H2,(H,12,15). The molecule has 2 rings (SSSR count). The van der Waals surface area contributed by atoms with E-state index in [2.05, 4.69) is 15.6 Å². The summed E-state index contributed by atoms with van der Waals surface area (Å²) in [5.41, 5.74) is 5.62. The van der Waals surface area contributed by atoms with E-state index in [0.29, 0.717) is 13.0 Å². The van der Waals surface area contributed by atoms with E-state index < -0.39 is 0 Å². The number of nitrogens with two attached hydrogens (primary N) is 1. The van der Waals surface area contributed by atoms with E-state index >= 15 is 0 Å². The molecular formula is C9H15N5O. The van der Waals surface area contributed by atoms with Crippen LogP contribution in [0.1, 0.15) is 19.3 Å². The minimum atomic E-state index is 0.0578. The fraction of sp³-hybridized carbons (Fsp3) is 0.667. The van der Waals surface area contributed by atoms with Crippen LogP contribution in [0.25, 0.3) is 0 Å². The summed E-state index contributed by atoms with van der Waals surface area (Å²) in [5.74, 6) is 0.0578. The third-order valence-electron chi connectivity index (χ3n) is 2.58. The van der Waals surface area contributed by atoms with Crippen LogP contribution in [0, 0.1) is 0 Å². The molecule has 0 bridgehead atoms. The molecule has 6 heteroatoms. The van der Waals surface area contributed by atoms with Gasteiger partial charge in [-0.1, -0.05) is 5.21 Å². The number of rotatable bonds is 4. The van der Waals surface area contributed by atoms with Gasteiger partial charge in [-0.3, -0.25) is 9.48 Å². The first kappa shape index (κ1) is 10.1. The highest BCUT2D eigenvalue weighted by molar-refractivity contribution is 5.76. The van der Waals surface area contributed by atoms with Gasteiger partial charge >= 0.3 is 0 Å². The summed E-state index contributed by atoms with van der Waals surface area (Å²) in [6.45, 7) is 0.574. The van der Waals surface area contributed by atoms with Crippen LogP contribution in [0.2, 0.25) is 0 Å². The molecule has 1 amide bonds. The van der Waals surface area contributed by atoms with Crippen LogP contribution in [0.15, 0.2) is 12.4 Å². The summed E-state index contributed by atoms with van der Waals surface area (Å²) >= 11 is 0. The van der Waals surface area contributed by atoms with Crippen LogP contribution in [0.4, 0.5) is 0 Å². The number of hydrogen-bond acceptors (Lipinski definition) is 4. The monoisotopic (exact) mass is 209 g/mol. The summed E-state index contributed by atoms with van der Waals surface area (Å²) in [5, 5.41) is 10.4. The van der Waals surface area contributed by atoms with Crippen LogP contribution >= 0.6 is 0 Å². The number of hydrogen-bond donors (Lipinski definition) is 2. The lowest BCUT2D eigenvalue weighted by Crippen LogP contribution is -2.50. The smallest absolute Gasteiger partial charge is 0.222 e. The molecule has 1 heterocycles. The minimum absolute atomic E-state index is 0.0578. The van der Waals surface area contributed by atoms with Crippen molar-refractivity contribution < 1.29 is 4.79 Å². The number of nitrogens with one attached hydrogen (secondary N) is 1. The average molecular weight is 209 g/mol. The lowest BCUT2D eigenvalue weighted by Gasteiger charge is -2.32. The van der Waals surface area contributed by atoms with Gasteiger partial charge in [0.2, 0.25) is 5.91 Å². The van der Waals surface area contributed by atoms with Crippen LogP contribution in [-0.4, -0.2) is 33.0 Å². The maximum absolute atomic E-state index is 11.4. The second-order valence-electron chi connectivity index (χ2n) is 3.91. The fourth-order valence-electron chi connectivity index (χ4n) is 1.65. The van der Waals surface area contributed by atoms with Gasteiger partial charge in [0.05, 0.1) is 12.7 Å². The number of amides is 1. The lowest BCUT2D eigenvalue weighted by atomic mass is 9.87. The zero-order valence-corrected chi connectivity index (χ0v) is 8.47. The number of nitrogens with zero attached hydrogens (tertiary/aromatic N) is 3. The fourth-order valence-corrected chi connectivity index (χ4v) is 1.65. The van der Waals surface area contributed by atoms with Gasteiger partial charge in [0.1, 0.15) is 0 Å². The Morgan fingerprint density at radius 2 is 2.40 bits per heavy atom. The van der Waals surface area contributed by atoms with E-state index in [-0.39, 0.29) is 18.0 Å². The van der Waals surface area contributed by atoms with Gasteiger partial charge in [-0.25, -0.2) is 0 Å². The molecule has 0 spiro atoms. The van der Waals surface area contributed by atoms with Crippen LogP contribution < -0.4 is 11.1 Å². The zero-order chi connectivity index (χ0) is 10.7. The predicted molar refractivity (Wildman–Crippen MR) is 53.8 cm³/mol. The molecule has 1 aromatic heterocycles. The van der Waals surface area contributed by atoms with Crippen molar-refractivity contribution in [1.82, 2.24) is 20.3 Å². The van der Waals surface area contributed by atoms with Gasteiger partial charge in [0.15, 0.2) is 0 Å². The Kier molecular flexibility index (Phi) is 2.96. The molecule has 0 unspecified atom stereocenters. The molecular weight excluding hydrogens is 194 g/mol. The van der Waals surface area contributed by atoms with Crippen molar-refractivity contribution in [3.63, 3.8) is 0 Å². The summed E-state index contributed by atoms with van der Waals surface area (Å²) < 4.78 is 1.64. The van der Waals surface area contributed by atoms with E-state index in [1.807, 2.05) is 0 Å². The number of aromatic nitrogens is 3. The van der Waals surface area contributed by atoms with E-state index in [0.717, 1.165) is 12.8 Å². The second kappa shape index (κ2) is 4.39. The summed E-state index contributed by atoms with van der Waals surface area (Å²) in [7, 11) is 0. The Bertz CT molecular complexity index is 317. The highest BCUT2D eigenvalue weighted by Gasteiger charge is 2.26. The van der Waals surface area contributed by atoms with Gasteiger partial charge in [-0.15, -0.1) is 5.10 Å². The molecule has 82 valence electrons. The summed E-state index contributed by atoms with van der Waals surface area (Å²) in [6.07, 6.45) is 5.58. The zero-order valence-electron chi connectivity index (χ0n) is 8.47. The highest BCUT2D eigenvalue weighted by Crippen LogP contribution is 2.17. The average Bonchev–Trinajstić information content (AvgIpc) is 2.65. The molecule has 1 fully saturated rings. The Balaban J connectivity index is 1.65. The second-order valence-corrected chi connectivity index (χ2v) is 3.91. The molecule has 1 aromatic rings. The molecule has 0 radical (unpaired) electrons. The maximum atomic E-state index is 11.4. The lowest BCUT2D eigenvalue weighted by molar-refractivity contribution is -0.122. The van der Waals surface area contributed by atoms with Crippen LogP contribution in [0.3, 0.4) is 0 Å². The van der Waals surface area contributed by atoms with Gasteiger partial charge in [-0.2, -0.15) is 0 Å². The summed E-state index contributed by atoms with van der Waals surface area (Å²) in [6, 6.07) is 0.550. The molecule has 0 aliphatic heterocycles. The largest absolute Gasteiger partial charge is 0.353 e. The molecule has 0 atom stereocenters. The molecule has 6 nitrogen and oxygen atoms in total. The number of carbonyl (C=O) groups excluding carboxylic acids is 1. The highest BCUT2D eigenvalue weighted by atomic mass is 16.1. The third-order valence-corrected chi connectivity index (χ3v) is 2.58. The molecule has 0 saturated heterocycles. The first-order chi connectivity index (χ1) is 7.24. The molecule has 1 aliphatic carbocycles. The topological polar surface area (TPSA) is 85.8 Å². The maximum Gasteiger partial charge on any atom is 0.222 e. The van der Waals surface area contributed by atoms with Crippen molar-refractivity contribution in [3.05, 3.63) is 12.4 Å². The number of carbonyl (C=O) groups is 1. The SMILES string of the molecule is NC1CC(NC(=O)CCn2ccnn2)C1. The molecule has 15 heavy (non-hydrogen) atoms. The Labute approximate surface area is 87.8 Å². The van der Waals surface area contributed by atoms with Gasteiger partial charge < -0.3 is 11.1 Å². The first-order valence-corrected chi connectivity index (χ1v) is 5.13. The minimum Gasteiger partial charge on any atom is -0.353 e. The Morgan fingerprint density at radius 1 is 1.60 bits per heavy atom. The van der Waals surface area contributed by atoms with E-state index in [1.165, 1.54) is 0 Å². The molecule has 1 aliphatic rings. The quantitative estimate of drug-likeness (QED) is 0.685. The van der Waals surface area contributed by atoms with Gasteiger partial charge in [0.25, 0.3) is 0 Å².